The van der Waals surface area contributed by atoms with Gasteiger partial charge in [0.05, 0.1) is 16.8 Å². The minimum Gasteiger partial charge on any atom is -0.383 e. The fraction of sp³-hybridized carbons (Fsp3) is 0.217. The average Bonchev–Trinajstić information content (AvgIpc) is 3.02. The number of carbonyl (C=O) groups excluding carboxylic acids is 1. The summed E-state index contributed by atoms with van der Waals surface area (Å²) in [6.45, 7) is 5.42. The summed E-state index contributed by atoms with van der Waals surface area (Å²) in [5, 5.41) is 1.97. The van der Waals surface area contributed by atoms with Gasteiger partial charge in [-0.05, 0) is 53.9 Å². The summed E-state index contributed by atoms with van der Waals surface area (Å²) in [5.74, 6) is -0.219. The molecule has 0 aliphatic carbocycles. The Bertz CT molecular complexity index is 1250. The van der Waals surface area contributed by atoms with Crippen LogP contribution in [0.3, 0.4) is 0 Å². The second kappa shape index (κ2) is 7.70. The summed E-state index contributed by atoms with van der Waals surface area (Å²) in [5.41, 5.74) is 4.18. The number of carbonyl (C=O) groups is 1. The van der Waals surface area contributed by atoms with E-state index in [1.165, 1.54) is 11.1 Å². The van der Waals surface area contributed by atoms with Crippen LogP contribution in [0.25, 0.3) is 21.0 Å². The Balaban J connectivity index is 1.89. The maximum Gasteiger partial charge on any atom is 0.280 e. The Kier molecular flexibility index (Phi) is 5.11. The van der Waals surface area contributed by atoms with Crippen molar-refractivity contribution in [3.8, 4) is 0 Å². The van der Waals surface area contributed by atoms with Gasteiger partial charge < -0.3 is 9.30 Å². The largest absolute Gasteiger partial charge is 0.383 e. The molecule has 0 saturated carbocycles. The number of aryl methyl sites for hydroxylation is 2. The third-order valence-corrected chi connectivity index (χ3v) is 6.08. The van der Waals surface area contributed by atoms with Crippen LogP contribution in [0.1, 0.15) is 21.5 Å². The normalized spacial score (nSPS) is 12.2. The monoisotopic (exact) mass is 390 g/mol. The number of ether oxygens (including phenoxy) is 1. The quantitative estimate of drug-likeness (QED) is 0.499. The molecule has 5 heteroatoms. The highest BCUT2D eigenvalue weighted by Gasteiger charge is 2.12. The van der Waals surface area contributed by atoms with E-state index >= 15 is 0 Å². The Hall–Kier alpha value is -2.76. The summed E-state index contributed by atoms with van der Waals surface area (Å²) >= 11 is 1.55. The highest BCUT2D eigenvalue weighted by Crippen LogP contribution is 2.23. The van der Waals surface area contributed by atoms with Gasteiger partial charge in [-0.15, -0.1) is 0 Å². The standard InChI is InChI=1S/C23H22N2O2S/c1-15-13-20-21(14-16(15)2)28-23(25(20)11-12-27-3)24-22(26)19-10-6-8-17-7-4-5-9-18(17)19/h4-10,13-14H,11-12H2,1-3H3. The van der Waals surface area contributed by atoms with E-state index < -0.39 is 0 Å². The number of thiazole rings is 1. The predicted molar refractivity (Wildman–Crippen MR) is 115 cm³/mol. The maximum absolute atomic E-state index is 13.1. The number of aromatic nitrogens is 1. The molecule has 4 aromatic rings. The van der Waals surface area contributed by atoms with Crippen LogP contribution in [-0.2, 0) is 11.3 Å². The van der Waals surface area contributed by atoms with E-state index in [9.17, 15) is 4.79 Å². The smallest absolute Gasteiger partial charge is 0.280 e. The van der Waals surface area contributed by atoms with E-state index in [2.05, 4.69) is 35.5 Å². The molecule has 0 saturated heterocycles. The summed E-state index contributed by atoms with van der Waals surface area (Å²) in [4.78, 5) is 18.3. The van der Waals surface area contributed by atoms with Gasteiger partial charge in [0.2, 0.25) is 0 Å². The number of hydrogen-bond acceptors (Lipinski definition) is 3. The van der Waals surface area contributed by atoms with Crippen molar-refractivity contribution >= 4 is 38.2 Å². The van der Waals surface area contributed by atoms with E-state index in [4.69, 9.17) is 4.74 Å². The van der Waals surface area contributed by atoms with Crippen LogP contribution >= 0.6 is 11.3 Å². The van der Waals surface area contributed by atoms with Crippen LogP contribution in [0, 0.1) is 13.8 Å². The predicted octanol–water partition coefficient (Wildman–Crippen LogP) is 4.86. The van der Waals surface area contributed by atoms with Crippen LogP contribution in [0.15, 0.2) is 59.6 Å². The molecule has 0 N–H and O–H groups in total. The van der Waals surface area contributed by atoms with Crippen molar-refractivity contribution in [3.05, 3.63) is 76.1 Å². The lowest BCUT2D eigenvalue weighted by Gasteiger charge is -2.06. The van der Waals surface area contributed by atoms with Gasteiger partial charge in [0.25, 0.3) is 5.91 Å². The Labute approximate surface area is 167 Å². The van der Waals surface area contributed by atoms with Crippen molar-refractivity contribution in [3.63, 3.8) is 0 Å². The lowest BCUT2D eigenvalue weighted by molar-refractivity contribution is 0.0999. The van der Waals surface area contributed by atoms with Crippen LogP contribution in [-0.4, -0.2) is 24.2 Å². The Morgan fingerprint density at radius 3 is 2.64 bits per heavy atom. The van der Waals surface area contributed by atoms with E-state index in [-0.39, 0.29) is 5.91 Å². The molecule has 4 rings (SSSR count). The molecule has 0 atom stereocenters. The van der Waals surface area contributed by atoms with E-state index in [0.29, 0.717) is 23.5 Å². The zero-order valence-electron chi connectivity index (χ0n) is 16.2. The van der Waals surface area contributed by atoms with Crippen molar-refractivity contribution < 1.29 is 9.53 Å². The lowest BCUT2D eigenvalue weighted by Crippen LogP contribution is -2.19. The molecule has 1 aromatic heterocycles. The molecule has 142 valence electrons. The van der Waals surface area contributed by atoms with Crippen LogP contribution in [0.5, 0.6) is 0 Å². The molecule has 28 heavy (non-hydrogen) atoms. The van der Waals surface area contributed by atoms with E-state index in [1.54, 1.807) is 18.4 Å². The van der Waals surface area contributed by atoms with Crippen LogP contribution < -0.4 is 4.80 Å². The fourth-order valence-electron chi connectivity index (χ4n) is 3.36. The maximum atomic E-state index is 13.1. The second-order valence-electron chi connectivity index (χ2n) is 6.88. The van der Waals surface area contributed by atoms with Gasteiger partial charge >= 0.3 is 0 Å². The van der Waals surface area contributed by atoms with Gasteiger partial charge in [0, 0.05) is 19.2 Å². The first-order chi connectivity index (χ1) is 13.6. The lowest BCUT2D eigenvalue weighted by atomic mass is 10.0. The number of methoxy groups -OCH3 is 1. The third kappa shape index (κ3) is 3.39. The zero-order valence-corrected chi connectivity index (χ0v) is 17.0. The molecule has 0 fully saturated rings. The van der Waals surface area contributed by atoms with Gasteiger partial charge in [-0.25, -0.2) is 0 Å². The molecule has 3 aromatic carbocycles. The van der Waals surface area contributed by atoms with Gasteiger partial charge in [-0.1, -0.05) is 47.7 Å². The molecule has 0 unspecified atom stereocenters. The Morgan fingerprint density at radius 1 is 1.07 bits per heavy atom. The average molecular weight is 391 g/mol. The van der Waals surface area contributed by atoms with Crippen molar-refractivity contribution in [1.29, 1.82) is 0 Å². The fourth-order valence-corrected chi connectivity index (χ4v) is 4.50. The first kappa shape index (κ1) is 18.6. The first-order valence-electron chi connectivity index (χ1n) is 9.25. The molecule has 0 bridgehead atoms. The van der Waals surface area contributed by atoms with Gasteiger partial charge in [0.15, 0.2) is 4.80 Å². The number of hydrogen-bond donors (Lipinski definition) is 0. The zero-order chi connectivity index (χ0) is 19.7. The molecule has 0 spiro atoms. The number of benzene rings is 3. The molecule has 0 aliphatic heterocycles. The third-order valence-electron chi connectivity index (χ3n) is 5.03. The number of fused-ring (bicyclic) bond motifs is 2. The summed E-state index contributed by atoms with van der Waals surface area (Å²) in [6, 6.07) is 18.0. The molecule has 0 radical (unpaired) electrons. The van der Waals surface area contributed by atoms with Crippen LogP contribution in [0.2, 0.25) is 0 Å². The number of rotatable bonds is 4. The van der Waals surface area contributed by atoms with E-state index in [0.717, 1.165) is 21.0 Å². The summed E-state index contributed by atoms with van der Waals surface area (Å²) in [7, 11) is 1.68. The summed E-state index contributed by atoms with van der Waals surface area (Å²) < 4.78 is 8.49. The molecule has 1 heterocycles. The molecule has 1 amide bonds. The SMILES string of the molecule is COCCn1c(=NC(=O)c2cccc3ccccc23)sc2cc(C)c(C)cc21. The first-order valence-corrected chi connectivity index (χ1v) is 10.1. The second-order valence-corrected chi connectivity index (χ2v) is 7.89. The minimum absolute atomic E-state index is 0.219. The van der Waals surface area contributed by atoms with Crippen molar-refractivity contribution in [2.75, 3.05) is 13.7 Å². The topological polar surface area (TPSA) is 43.6 Å². The van der Waals surface area contributed by atoms with Crippen molar-refractivity contribution in [2.24, 2.45) is 4.99 Å². The highest BCUT2D eigenvalue weighted by atomic mass is 32.1. The highest BCUT2D eigenvalue weighted by molar-refractivity contribution is 7.16. The molecular formula is C23H22N2O2S. The van der Waals surface area contributed by atoms with Crippen molar-refractivity contribution in [1.82, 2.24) is 4.57 Å². The summed E-state index contributed by atoms with van der Waals surface area (Å²) in [6.07, 6.45) is 0. The molecule has 4 nitrogen and oxygen atoms in total. The van der Waals surface area contributed by atoms with Gasteiger partial charge in [0.1, 0.15) is 0 Å². The molecular weight excluding hydrogens is 368 g/mol. The molecule has 0 aliphatic rings. The van der Waals surface area contributed by atoms with Crippen LogP contribution in [0.4, 0.5) is 0 Å². The Morgan fingerprint density at radius 2 is 1.82 bits per heavy atom. The van der Waals surface area contributed by atoms with Crippen molar-refractivity contribution in [2.45, 2.75) is 20.4 Å². The number of nitrogens with zero attached hydrogens (tertiary/aromatic N) is 2. The van der Waals surface area contributed by atoms with Gasteiger partial charge in [-0.3, -0.25) is 4.79 Å². The number of amides is 1. The minimum atomic E-state index is -0.219. The van der Waals surface area contributed by atoms with E-state index in [1.807, 2.05) is 42.5 Å². The van der Waals surface area contributed by atoms with Gasteiger partial charge in [-0.2, -0.15) is 4.99 Å².